The second kappa shape index (κ2) is 8.99. The number of anilines is 2. The molecule has 2 aliphatic rings. The Labute approximate surface area is 200 Å². The third kappa shape index (κ3) is 4.14. The Hall–Kier alpha value is -3.17. The van der Waals surface area contributed by atoms with E-state index in [0.717, 1.165) is 11.3 Å². The summed E-state index contributed by atoms with van der Waals surface area (Å²) < 4.78 is 13.2. The summed E-state index contributed by atoms with van der Waals surface area (Å²) in [7, 11) is 0. The lowest BCUT2D eigenvalue weighted by atomic mass is 9.94. The normalized spacial score (nSPS) is 16.8. The molecule has 10 heteroatoms. The molecule has 2 aliphatic heterocycles. The number of carbonyl (C=O) groups is 1. The van der Waals surface area contributed by atoms with Gasteiger partial charge in [0.15, 0.2) is 11.5 Å². The second-order valence-corrected chi connectivity index (χ2v) is 9.14. The van der Waals surface area contributed by atoms with E-state index in [-0.39, 0.29) is 5.91 Å². The first kappa shape index (κ1) is 21.7. The molecule has 33 heavy (non-hydrogen) atoms. The van der Waals surface area contributed by atoms with E-state index in [1.165, 1.54) is 0 Å². The fourth-order valence-electron chi connectivity index (χ4n) is 3.91. The van der Waals surface area contributed by atoms with Crippen LogP contribution < -0.4 is 20.1 Å². The van der Waals surface area contributed by atoms with Crippen molar-refractivity contribution in [2.75, 3.05) is 29.6 Å². The summed E-state index contributed by atoms with van der Waals surface area (Å²) in [6.45, 7) is 4.89. The van der Waals surface area contributed by atoms with E-state index in [9.17, 15) is 4.79 Å². The van der Waals surface area contributed by atoms with Gasteiger partial charge >= 0.3 is 0 Å². The minimum absolute atomic E-state index is 0.279. The summed E-state index contributed by atoms with van der Waals surface area (Å²) in [5.74, 6) is 2.47. The Bertz CT molecular complexity index is 1260. The van der Waals surface area contributed by atoms with Gasteiger partial charge in [-0.2, -0.15) is 4.98 Å². The molecular formula is C23H22ClN5O3S. The zero-order valence-corrected chi connectivity index (χ0v) is 19.7. The number of thioether (sulfide) groups is 1. The molecule has 0 spiro atoms. The summed E-state index contributed by atoms with van der Waals surface area (Å²) in [5.41, 5.74) is 2.57. The molecule has 3 aromatic rings. The first-order chi connectivity index (χ1) is 16.0. The van der Waals surface area contributed by atoms with Crippen LogP contribution in [0.1, 0.15) is 25.5 Å². The van der Waals surface area contributed by atoms with Crippen molar-refractivity contribution >= 4 is 40.9 Å². The van der Waals surface area contributed by atoms with E-state index in [2.05, 4.69) is 15.6 Å². The fourth-order valence-corrected chi connectivity index (χ4v) is 4.64. The lowest BCUT2D eigenvalue weighted by Crippen LogP contribution is -2.31. The monoisotopic (exact) mass is 483 g/mol. The SMILES string of the molecule is CCSc1nc2n(n1)C(c1ccc3c(c1)OCCO3)C(C(=O)Nc1ccccc1Cl)=C(C)N2. The molecule has 0 fully saturated rings. The van der Waals surface area contributed by atoms with Gasteiger partial charge in [0.1, 0.15) is 19.3 Å². The molecule has 8 nitrogen and oxygen atoms in total. The summed E-state index contributed by atoms with van der Waals surface area (Å²) >= 11 is 7.83. The number of halogens is 1. The van der Waals surface area contributed by atoms with E-state index in [1.54, 1.807) is 28.6 Å². The number of hydrogen-bond acceptors (Lipinski definition) is 7. The Morgan fingerprint density at radius 3 is 2.82 bits per heavy atom. The minimum Gasteiger partial charge on any atom is -0.486 e. The van der Waals surface area contributed by atoms with Crippen LogP contribution in [-0.2, 0) is 4.79 Å². The van der Waals surface area contributed by atoms with Crippen LogP contribution >= 0.6 is 23.4 Å². The van der Waals surface area contributed by atoms with Crippen molar-refractivity contribution in [1.82, 2.24) is 14.8 Å². The molecule has 0 saturated heterocycles. The molecule has 2 aromatic carbocycles. The molecule has 2 N–H and O–H groups in total. The van der Waals surface area contributed by atoms with Gasteiger partial charge in [-0.3, -0.25) is 4.79 Å². The van der Waals surface area contributed by atoms with Crippen LogP contribution in [-0.4, -0.2) is 39.6 Å². The highest BCUT2D eigenvalue weighted by Crippen LogP contribution is 2.40. The van der Waals surface area contributed by atoms with Crippen LogP contribution in [0.3, 0.4) is 0 Å². The van der Waals surface area contributed by atoms with Crippen molar-refractivity contribution in [3.8, 4) is 11.5 Å². The molecule has 5 rings (SSSR count). The Morgan fingerprint density at radius 2 is 2.03 bits per heavy atom. The highest BCUT2D eigenvalue weighted by atomic mass is 35.5. The number of hydrogen-bond donors (Lipinski definition) is 2. The van der Waals surface area contributed by atoms with Gasteiger partial charge in [0.2, 0.25) is 11.1 Å². The first-order valence-corrected chi connectivity index (χ1v) is 11.9. The largest absolute Gasteiger partial charge is 0.486 e. The zero-order valence-electron chi connectivity index (χ0n) is 18.1. The van der Waals surface area contributed by atoms with E-state index < -0.39 is 6.04 Å². The molecule has 0 saturated carbocycles. The average Bonchev–Trinajstić information content (AvgIpc) is 3.21. The van der Waals surface area contributed by atoms with E-state index in [0.29, 0.717) is 57.8 Å². The zero-order chi connectivity index (χ0) is 22.9. The number of carbonyl (C=O) groups excluding carboxylic acids is 1. The number of fused-ring (bicyclic) bond motifs is 2. The maximum absolute atomic E-state index is 13.6. The number of ether oxygens (including phenoxy) is 2. The summed E-state index contributed by atoms with van der Waals surface area (Å²) in [6, 6.07) is 12.3. The molecule has 1 atom stereocenters. The molecule has 1 amide bonds. The van der Waals surface area contributed by atoms with Gasteiger partial charge < -0.3 is 20.1 Å². The van der Waals surface area contributed by atoms with Gasteiger partial charge in [0, 0.05) is 5.70 Å². The smallest absolute Gasteiger partial charge is 0.255 e. The first-order valence-electron chi connectivity index (χ1n) is 10.6. The van der Waals surface area contributed by atoms with Crippen molar-refractivity contribution in [2.45, 2.75) is 25.0 Å². The van der Waals surface area contributed by atoms with Crippen LogP contribution in [0.5, 0.6) is 11.5 Å². The highest BCUT2D eigenvalue weighted by Gasteiger charge is 2.35. The molecule has 170 valence electrons. The standard InChI is InChI=1S/C23H22ClN5O3S/c1-3-33-23-27-22-25-13(2)19(21(30)26-16-7-5-4-6-15(16)24)20(29(22)28-23)14-8-9-17-18(12-14)32-11-10-31-17/h4-9,12,20H,3,10-11H2,1-2H3,(H,26,30)(H,25,27,28). The van der Waals surface area contributed by atoms with Gasteiger partial charge in [-0.15, -0.1) is 5.10 Å². The molecule has 1 unspecified atom stereocenters. The third-order valence-electron chi connectivity index (χ3n) is 5.36. The van der Waals surface area contributed by atoms with Gasteiger partial charge in [0.05, 0.1) is 16.3 Å². The minimum atomic E-state index is -0.515. The second-order valence-electron chi connectivity index (χ2n) is 7.50. The van der Waals surface area contributed by atoms with Crippen LogP contribution in [0.25, 0.3) is 0 Å². The predicted octanol–water partition coefficient (Wildman–Crippen LogP) is 4.74. The lowest BCUT2D eigenvalue weighted by molar-refractivity contribution is -0.113. The van der Waals surface area contributed by atoms with Crippen molar-refractivity contribution in [3.63, 3.8) is 0 Å². The molecule has 0 aliphatic carbocycles. The molecular weight excluding hydrogens is 462 g/mol. The number of rotatable bonds is 5. The van der Waals surface area contributed by atoms with Crippen LogP contribution in [0.2, 0.25) is 5.02 Å². The Morgan fingerprint density at radius 1 is 1.24 bits per heavy atom. The van der Waals surface area contributed by atoms with E-state index >= 15 is 0 Å². The van der Waals surface area contributed by atoms with Crippen LogP contribution in [0, 0.1) is 0 Å². The molecule has 3 heterocycles. The number of amides is 1. The maximum atomic E-state index is 13.6. The number of allylic oxidation sites excluding steroid dienone is 1. The van der Waals surface area contributed by atoms with Gasteiger partial charge in [-0.25, -0.2) is 4.68 Å². The number of benzene rings is 2. The number of aromatic nitrogens is 3. The van der Waals surface area contributed by atoms with Crippen LogP contribution in [0.4, 0.5) is 11.6 Å². The van der Waals surface area contributed by atoms with Crippen molar-refractivity contribution in [2.24, 2.45) is 0 Å². The lowest BCUT2D eigenvalue weighted by Gasteiger charge is -2.29. The molecule has 0 radical (unpaired) electrons. The third-order valence-corrected chi connectivity index (χ3v) is 6.40. The predicted molar refractivity (Wildman–Crippen MR) is 128 cm³/mol. The quantitative estimate of drug-likeness (QED) is 0.506. The van der Waals surface area contributed by atoms with Crippen LogP contribution in [0.15, 0.2) is 58.9 Å². The highest BCUT2D eigenvalue weighted by molar-refractivity contribution is 7.99. The summed E-state index contributed by atoms with van der Waals surface area (Å²) in [6.07, 6.45) is 0. The molecule has 1 aromatic heterocycles. The summed E-state index contributed by atoms with van der Waals surface area (Å²) in [5, 5.41) is 12.0. The number of para-hydroxylation sites is 1. The fraction of sp³-hybridized carbons (Fsp3) is 0.261. The Kier molecular flexibility index (Phi) is 5.90. The van der Waals surface area contributed by atoms with Crippen molar-refractivity contribution in [3.05, 3.63) is 64.3 Å². The van der Waals surface area contributed by atoms with E-state index in [4.69, 9.17) is 26.2 Å². The van der Waals surface area contributed by atoms with Gasteiger partial charge in [0.25, 0.3) is 5.91 Å². The van der Waals surface area contributed by atoms with Crippen molar-refractivity contribution < 1.29 is 14.3 Å². The topological polar surface area (TPSA) is 90.3 Å². The number of nitrogens with zero attached hydrogens (tertiary/aromatic N) is 3. The van der Waals surface area contributed by atoms with Gasteiger partial charge in [-0.1, -0.05) is 48.5 Å². The maximum Gasteiger partial charge on any atom is 0.255 e. The van der Waals surface area contributed by atoms with Gasteiger partial charge in [-0.05, 0) is 42.5 Å². The molecule has 0 bridgehead atoms. The average molecular weight is 484 g/mol. The van der Waals surface area contributed by atoms with Crippen molar-refractivity contribution in [1.29, 1.82) is 0 Å². The Balaban J connectivity index is 1.59. The van der Waals surface area contributed by atoms with E-state index in [1.807, 2.05) is 44.2 Å². The number of nitrogens with one attached hydrogen (secondary N) is 2. The summed E-state index contributed by atoms with van der Waals surface area (Å²) in [4.78, 5) is 18.2.